The standard InChI is InChI=1S/C26H25FN2O3/c1-19(32-18-23-6-4-8-25(14-23)31-2)26(30)29(17-22-5-3-7-24(27)13-22)16-21-11-9-20(15-28)10-12-21/h3-14,19H,16-18H2,1-2H3. The van der Waals surface area contributed by atoms with Gasteiger partial charge < -0.3 is 14.4 Å². The number of hydrogen-bond acceptors (Lipinski definition) is 4. The molecular weight excluding hydrogens is 407 g/mol. The minimum absolute atomic E-state index is 0.207. The first-order valence-electron chi connectivity index (χ1n) is 10.3. The normalized spacial score (nSPS) is 11.4. The highest BCUT2D eigenvalue weighted by Gasteiger charge is 2.22. The number of amides is 1. The maximum Gasteiger partial charge on any atom is 0.252 e. The van der Waals surface area contributed by atoms with E-state index < -0.39 is 6.10 Å². The van der Waals surface area contributed by atoms with Gasteiger partial charge in [-0.15, -0.1) is 0 Å². The lowest BCUT2D eigenvalue weighted by Crippen LogP contribution is -2.38. The topological polar surface area (TPSA) is 62.6 Å². The smallest absolute Gasteiger partial charge is 0.252 e. The van der Waals surface area contributed by atoms with Crippen LogP contribution in [0, 0.1) is 17.1 Å². The lowest BCUT2D eigenvalue weighted by Gasteiger charge is -2.26. The number of carbonyl (C=O) groups excluding carboxylic acids is 1. The van der Waals surface area contributed by atoms with E-state index >= 15 is 0 Å². The largest absolute Gasteiger partial charge is 0.497 e. The molecule has 0 aliphatic heterocycles. The second kappa shape index (κ2) is 11.1. The van der Waals surface area contributed by atoms with Gasteiger partial charge >= 0.3 is 0 Å². The molecule has 0 saturated carbocycles. The molecule has 0 heterocycles. The van der Waals surface area contributed by atoms with Gasteiger partial charge in [0.2, 0.25) is 0 Å². The van der Waals surface area contributed by atoms with E-state index in [9.17, 15) is 9.18 Å². The van der Waals surface area contributed by atoms with Crippen molar-refractivity contribution in [2.75, 3.05) is 7.11 Å². The average Bonchev–Trinajstić information content (AvgIpc) is 2.82. The third-order valence-electron chi connectivity index (χ3n) is 5.01. The molecule has 32 heavy (non-hydrogen) atoms. The molecule has 3 aromatic rings. The second-order valence-electron chi connectivity index (χ2n) is 7.44. The van der Waals surface area contributed by atoms with Crippen molar-refractivity contribution in [3.05, 3.63) is 101 Å². The van der Waals surface area contributed by atoms with Crippen molar-refractivity contribution in [3.8, 4) is 11.8 Å². The monoisotopic (exact) mass is 432 g/mol. The Morgan fingerprint density at radius 1 is 1.00 bits per heavy atom. The number of nitrogens with zero attached hydrogens (tertiary/aromatic N) is 2. The number of ether oxygens (including phenoxy) is 2. The number of carbonyl (C=O) groups is 1. The van der Waals surface area contributed by atoms with Crippen molar-refractivity contribution in [1.82, 2.24) is 4.90 Å². The highest BCUT2D eigenvalue weighted by molar-refractivity contribution is 5.80. The molecule has 6 heteroatoms. The molecule has 3 rings (SSSR count). The molecule has 0 aliphatic rings. The third-order valence-corrected chi connectivity index (χ3v) is 5.01. The van der Waals surface area contributed by atoms with E-state index in [0.29, 0.717) is 17.7 Å². The van der Waals surface area contributed by atoms with Gasteiger partial charge in [-0.3, -0.25) is 4.79 Å². The van der Waals surface area contributed by atoms with Crippen LogP contribution in [0.25, 0.3) is 0 Å². The van der Waals surface area contributed by atoms with Crippen molar-refractivity contribution >= 4 is 5.91 Å². The van der Waals surface area contributed by atoms with Gasteiger partial charge in [0.05, 0.1) is 25.3 Å². The third kappa shape index (κ3) is 6.40. The van der Waals surface area contributed by atoms with Crippen LogP contribution in [0.3, 0.4) is 0 Å². The summed E-state index contributed by atoms with van der Waals surface area (Å²) in [6, 6.07) is 22.8. The van der Waals surface area contributed by atoms with E-state index in [-0.39, 0.29) is 24.9 Å². The summed E-state index contributed by atoms with van der Waals surface area (Å²) in [5.74, 6) is 0.163. The fourth-order valence-electron chi connectivity index (χ4n) is 3.28. The van der Waals surface area contributed by atoms with Crippen LogP contribution in [0.2, 0.25) is 0 Å². The molecule has 0 saturated heterocycles. The molecule has 0 spiro atoms. The van der Waals surface area contributed by atoms with E-state index in [1.807, 2.05) is 36.4 Å². The summed E-state index contributed by atoms with van der Waals surface area (Å²) in [6.45, 7) is 2.52. The zero-order chi connectivity index (χ0) is 22.9. The molecule has 0 N–H and O–H groups in total. The Kier molecular flexibility index (Phi) is 7.96. The van der Waals surface area contributed by atoms with Crippen LogP contribution in [0.4, 0.5) is 4.39 Å². The van der Waals surface area contributed by atoms with Gasteiger partial charge in [0.25, 0.3) is 5.91 Å². The molecule has 0 radical (unpaired) electrons. The summed E-state index contributed by atoms with van der Waals surface area (Å²) in [5, 5.41) is 9.00. The molecule has 5 nitrogen and oxygen atoms in total. The first-order chi connectivity index (χ1) is 15.5. The quantitative estimate of drug-likeness (QED) is 0.485. The van der Waals surface area contributed by atoms with Crippen molar-refractivity contribution in [3.63, 3.8) is 0 Å². The van der Waals surface area contributed by atoms with Gasteiger partial charge in [0.15, 0.2) is 0 Å². The van der Waals surface area contributed by atoms with Gasteiger partial charge in [-0.25, -0.2) is 4.39 Å². The number of rotatable bonds is 9. The predicted molar refractivity (Wildman–Crippen MR) is 119 cm³/mol. The second-order valence-corrected chi connectivity index (χ2v) is 7.44. The van der Waals surface area contributed by atoms with Crippen molar-refractivity contribution in [2.45, 2.75) is 32.7 Å². The molecule has 3 aromatic carbocycles. The molecular formula is C26H25FN2O3. The lowest BCUT2D eigenvalue weighted by atomic mass is 10.1. The van der Waals surface area contributed by atoms with Crippen LogP contribution < -0.4 is 4.74 Å². The van der Waals surface area contributed by atoms with Gasteiger partial charge in [0.1, 0.15) is 17.7 Å². The summed E-state index contributed by atoms with van der Waals surface area (Å²) in [4.78, 5) is 14.9. The van der Waals surface area contributed by atoms with E-state index in [0.717, 1.165) is 16.9 Å². The zero-order valence-corrected chi connectivity index (χ0v) is 18.1. The summed E-state index contributed by atoms with van der Waals surface area (Å²) < 4.78 is 24.8. The van der Waals surface area contributed by atoms with Crippen molar-refractivity contribution in [2.24, 2.45) is 0 Å². The summed E-state index contributed by atoms with van der Waals surface area (Å²) in [6.07, 6.45) is -0.701. The number of benzene rings is 3. The molecule has 0 aliphatic carbocycles. The first kappa shape index (κ1) is 23.0. The molecule has 1 unspecified atom stereocenters. The highest BCUT2D eigenvalue weighted by atomic mass is 19.1. The molecule has 1 amide bonds. The van der Waals surface area contributed by atoms with Gasteiger partial charge in [-0.1, -0.05) is 36.4 Å². The van der Waals surface area contributed by atoms with Gasteiger partial charge in [-0.2, -0.15) is 5.26 Å². The van der Waals surface area contributed by atoms with Crippen LogP contribution in [0.15, 0.2) is 72.8 Å². The predicted octanol–water partition coefficient (Wildman–Crippen LogP) is 4.84. The minimum Gasteiger partial charge on any atom is -0.497 e. The van der Waals surface area contributed by atoms with E-state index in [2.05, 4.69) is 6.07 Å². The Morgan fingerprint density at radius 2 is 1.69 bits per heavy atom. The van der Waals surface area contributed by atoms with E-state index in [4.69, 9.17) is 14.7 Å². The van der Waals surface area contributed by atoms with Crippen molar-refractivity contribution < 1.29 is 18.7 Å². The van der Waals surface area contributed by atoms with Crippen LogP contribution in [-0.2, 0) is 29.2 Å². The summed E-state index contributed by atoms with van der Waals surface area (Å²) >= 11 is 0. The molecule has 0 aromatic heterocycles. The molecule has 1 atom stereocenters. The Hall–Kier alpha value is -3.69. The van der Waals surface area contributed by atoms with E-state index in [1.54, 1.807) is 43.2 Å². The lowest BCUT2D eigenvalue weighted by molar-refractivity contribution is -0.144. The molecule has 164 valence electrons. The first-order valence-corrected chi connectivity index (χ1v) is 10.3. The Bertz CT molecular complexity index is 1090. The number of halogens is 1. The van der Waals surface area contributed by atoms with Gasteiger partial charge in [0, 0.05) is 13.1 Å². The highest BCUT2D eigenvalue weighted by Crippen LogP contribution is 2.17. The Balaban J connectivity index is 1.73. The van der Waals surface area contributed by atoms with Gasteiger partial charge in [-0.05, 0) is 60.0 Å². The minimum atomic E-state index is -0.701. The summed E-state index contributed by atoms with van der Waals surface area (Å²) in [5.41, 5.74) is 3.00. The van der Waals surface area contributed by atoms with Crippen LogP contribution in [0.1, 0.15) is 29.2 Å². The summed E-state index contributed by atoms with van der Waals surface area (Å²) in [7, 11) is 1.60. The number of hydrogen-bond donors (Lipinski definition) is 0. The fourth-order valence-corrected chi connectivity index (χ4v) is 3.28. The average molecular weight is 432 g/mol. The van der Waals surface area contributed by atoms with Crippen LogP contribution in [0.5, 0.6) is 5.75 Å². The Labute approximate surface area is 187 Å². The Morgan fingerprint density at radius 3 is 2.38 bits per heavy atom. The van der Waals surface area contributed by atoms with Crippen molar-refractivity contribution in [1.29, 1.82) is 5.26 Å². The van der Waals surface area contributed by atoms with E-state index in [1.165, 1.54) is 12.1 Å². The maximum absolute atomic E-state index is 13.7. The zero-order valence-electron chi connectivity index (χ0n) is 18.1. The van der Waals surface area contributed by atoms with Crippen LogP contribution in [-0.4, -0.2) is 24.0 Å². The number of methoxy groups -OCH3 is 1. The molecule has 0 bridgehead atoms. The maximum atomic E-state index is 13.7. The number of nitriles is 1. The fraction of sp³-hybridized carbons (Fsp3) is 0.231. The SMILES string of the molecule is COc1cccc(COC(C)C(=O)N(Cc2ccc(C#N)cc2)Cc2cccc(F)c2)c1. The molecule has 0 fully saturated rings. The van der Waals surface area contributed by atoms with Crippen LogP contribution >= 0.6 is 0 Å².